The SMILES string of the molecule is CNCCN(C)Cc1c(Br)c(C)nn1C. The first-order valence-corrected chi connectivity index (χ1v) is 5.86. The monoisotopic (exact) mass is 274 g/mol. The molecule has 0 atom stereocenters. The zero-order chi connectivity index (χ0) is 11.4. The molecule has 1 heterocycles. The van der Waals surface area contributed by atoms with E-state index >= 15 is 0 Å². The molecule has 0 radical (unpaired) electrons. The van der Waals surface area contributed by atoms with Crippen LogP contribution in [0.5, 0.6) is 0 Å². The first-order valence-electron chi connectivity index (χ1n) is 5.07. The zero-order valence-corrected chi connectivity index (χ0v) is 11.4. The largest absolute Gasteiger partial charge is 0.318 e. The van der Waals surface area contributed by atoms with E-state index in [4.69, 9.17) is 0 Å². The highest BCUT2D eigenvalue weighted by Gasteiger charge is 2.11. The Kier molecular flexibility index (Phi) is 4.76. The van der Waals surface area contributed by atoms with E-state index in [1.807, 2.05) is 25.7 Å². The smallest absolute Gasteiger partial charge is 0.0739 e. The molecular weight excluding hydrogens is 256 g/mol. The summed E-state index contributed by atoms with van der Waals surface area (Å²) in [5.74, 6) is 0. The minimum atomic E-state index is 0.916. The Morgan fingerprint density at radius 3 is 2.67 bits per heavy atom. The second kappa shape index (κ2) is 5.63. The lowest BCUT2D eigenvalue weighted by Gasteiger charge is -2.16. The van der Waals surface area contributed by atoms with Crippen LogP contribution in [0.1, 0.15) is 11.4 Å². The van der Waals surface area contributed by atoms with E-state index in [1.54, 1.807) is 0 Å². The lowest BCUT2D eigenvalue weighted by atomic mass is 10.3. The van der Waals surface area contributed by atoms with Gasteiger partial charge in [0, 0.05) is 26.7 Å². The second-order valence-corrected chi connectivity index (χ2v) is 4.60. The summed E-state index contributed by atoms with van der Waals surface area (Å²) in [5.41, 5.74) is 2.28. The van der Waals surface area contributed by atoms with Crippen LogP contribution in [-0.2, 0) is 13.6 Å². The van der Waals surface area contributed by atoms with Gasteiger partial charge in [-0.3, -0.25) is 9.58 Å². The number of likely N-dealkylation sites (N-methyl/N-ethyl adjacent to an activating group) is 2. The molecule has 1 aromatic heterocycles. The van der Waals surface area contributed by atoms with E-state index < -0.39 is 0 Å². The minimum absolute atomic E-state index is 0.916. The maximum Gasteiger partial charge on any atom is 0.0739 e. The Morgan fingerprint density at radius 1 is 1.53 bits per heavy atom. The van der Waals surface area contributed by atoms with Crippen LogP contribution in [0.25, 0.3) is 0 Å². The summed E-state index contributed by atoms with van der Waals surface area (Å²) >= 11 is 3.57. The van der Waals surface area contributed by atoms with Crippen molar-refractivity contribution >= 4 is 15.9 Å². The van der Waals surface area contributed by atoms with Gasteiger partial charge in [0.05, 0.1) is 15.9 Å². The van der Waals surface area contributed by atoms with Gasteiger partial charge < -0.3 is 5.32 Å². The Hall–Kier alpha value is -0.390. The van der Waals surface area contributed by atoms with Crippen molar-refractivity contribution in [2.75, 3.05) is 27.2 Å². The van der Waals surface area contributed by atoms with E-state index in [0.29, 0.717) is 0 Å². The van der Waals surface area contributed by atoms with Gasteiger partial charge in [-0.1, -0.05) is 0 Å². The average molecular weight is 275 g/mol. The van der Waals surface area contributed by atoms with Crippen LogP contribution in [-0.4, -0.2) is 41.9 Å². The molecule has 0 aromatic carbocycles. The molecule has 0 amide bonds. The molecule has 0 spiro atoms. The van der Waals surface area contributed by atoms with Gasteiger partial charge in [-0.25, -0.2) is 0 Å². The number of hydrogen-bond donors (Lipinski definition) is 1. The first kappa shape index (κ1) is 12.7. The average Bonchev–Trinajstić information content (AvgIpc) is 2.42. The maximum atomic E-state index is 4.37. The highest BCUT2D eigenvalue weighted by molar-refractivity contribution is 9.10. The fraction of sp³-hybridized carbons (Fsp3) is 0.700. The van der Waals surface area contributed by atoms with Crippen molar-refractivity contribution in [2.24, 2.45) is 7.05 Å². The molecule has 5 heteroatoms. The number of rotatable bonds is 5. The molecule has 0 fully saturated rings. The van der Waals surface area contributed by atoms with Crippen LogP contribution in [0.3, 0.4) is 0 Å². The highest BCUT2D eigenvalue weighted by Crippen LogP contribution is 2.20. The number of nitrogens with one attached hydrogen (secondary N) is 1. The Labute approximate surface area is 99.8 Å². The van der Waals surface area contributed by atoms with Gasteiger partial charge in [-0.2, -0.15) is 5.10 Å². The summed E-state index contributed by atoms with van der Waals surface area (Å²) in [5, 5.41) is 7.51. The van der Waals surface area contributed by atoms with Crippen LogP contribution < -0.4 is 5.32 Å². The van der Waals surface area contributed by atoms with Gasteiger partial charge in [-0.05, 0) is 36.9 Å². The van der Waals surface area contributed by atoms with Gasteiger partial charge >= 0.3 is 0 Å². The molecule has 0 unspecified atom stereocenters. The third-order valence-corrected chi connectivity index (χ3v) is 3.46. The highest BCUT2D eigenvalue weighted by atomic mass is 79.9. The number of aromatic nitrogens is 2. The van der Waals surface area contributed by atoms with Crippen molar-refractivity contribution in [3.05, 3.63) is 15.9 Å². The third kappa shape index (κ3) is 3.29. The molecule has 15 heavy (non-hydrogen) atoms. The first-order chi connectivity index (χ1) is 7.06. The summed E-state index contributed by atoms with van der Waals surface area (Å²) in [6.45, 7) is 4.97. The van der Waals surface area contributed by atoms with Crippen LogP contribution in [0, 0.1) is 6.92 Å². The molecule has 0 aliphatic heterocycles. The lowest BCUT2D eigenvalue weighted by Crippen LogP contribution is -2.27. The third-order valence-electron chi connectivity index (χ3n) is 2.42. The van der Waals surface area contributed by atoms with Crippen LogP contribution in [0.4, 0.5) is 0 Å². The molecule has 1 N–H and O–H groups in total. The molecule has 0 saturated carbocycles. The Balaban J connectivity index is 2.63. The number of hydrogen-bond acceptors (Lipinski definition) is 3. The molecule has 0 saturated heterocycles. The van der Waals surface area contributed by atoms with Gasteiger partial charge in [0.1, 0.15) is 0 Å². The van der Waals surface area contributed by atoms with Crippen molar-refractivity contribution < 1.29 is 0 Å². The van der Waals surface area contributed by atoms with Gasteiger partial charge in [0.25, 0.3) is 0 Å². The van der Waals surface area contributed by atoms with Crippen LogP contribution >= 0.6 is 15.9 Å². The summed E-state index contributed by atoms with van der Waals surface area (Å²) in [6.07, 6.45) is 0. The molecule has 0 bridgehead atoms. The summed E-state index contributed by atoms with van der Waals surface area (Å²) in [4.78, 5) is 2.28. The number of nitrogens with zero attached hydrogens (tertiary/aromatic N) is 3. The molecule has 0 aliphatic rings. The van der Waals surface area contributed by atoms with Gasteiger partial charge in [-0.15, -0.1) is 0 Å². The number of aryl methyl sites for hydroxylation is 2. The number of halogens is 1. The molecule has 1 rings (SSSR count). The van der Waals surface area contributed by atoms with Gasteiger partial charge in [0.2, 0.25) is 0 Å². The molecule has 86 valence electrons. The maximum absolute atomic E-state index is 4.37. The van der Waals surface area contributed by atoms with Crippen molar-refractivity contribution in [1.29, 1.82) is 0 Å². The van der Waals surface area contributed by atoms with Gasteiger partial charge in [0.15, 0.2) is 0 Å². The fourth-order valence-electron chi connectivity index (χ4n) is 1.49. The molecule has 4 nitrogen and oxygen atoms in total. The molecule has 1 aromatic rings. The summed E-state index contributed by atoms with van der Waals surface area (Å²) in [7, 11) is 6.07. The predicted molar refractivity (Wildman–Crippen MR) is 65.9 cm³/mol. The second-order valence-electron chi connectivity index (χ2n) is 3.81. The van der Waals surface area contributed by atoms with Crippen LogP contribution in [0.2, 0.25) is 0 Å². The lowest BCUT2D eigenvalue weighted by molar-refractivity contribution is 0.318. The van der Waals surface area contributed by atoms with Crippen molar-refractivity contribution in [1.82, 2.24) is 20.0 Å². The quantitative estimate of drug-likeness (QED) is 0.875. The zero-order valence-electron chi connectivity index (χ0n) is 9.84. The van der Waals surface area contributed by atoms with Crippen molar-refractivity contribution in [3.63, 3.8) is 0 Å². The fourth-order valence-corrected chi connectivity index (χ4v) is 1.95. The van der Waals surface area contributed by atoms with Crippen molar-refractivity contribution in [2.45, 2.75) is 13.5 Å². The van der Waals surface area contributed by atoms with E-state index in [-0.39, 0.29) is 0 Å². The Morgan fingerprint density at radius 2 is 2.20 bits per heavy atom. The van der Waals surface area contributed by atoms with E-state index in [0.717, 1.165) is 29.8 Å². The summed E-state index contributed by atoms with van der Waals surface area (Å²) < 4.78 is 3.07. The van der Waals surface area contributed by atoms with Crippen LogP contribution in [0.15, 0.2) is 4.47 Å². The Bertz CT molecular complexity index is 321. The van der Waals surface area contributed by atoms with E-state index in [2.05, 4.69) is 38.3 Å². The molecule has 0 aliphatic carbocycles. The predicted octanol–water partition coefficient (Wildman–Crippen LogP) is 1.14. The topological polar surface area (TPSA) is 33.1 Å². The van der Waals surface area contributed by atoms with Crippen molar-refractivity contribution in [3.8, 4) is 0 Å². The van der Waals surface area contributed by atoms with E-state index in [1.165, 1.54) is 5.69 Å². The summed E-state index contributed by atoms with van der Waals surface area (Å²) in [6, 6.07) is 0. The van der Waals surface area contributed by atoms with E-state index in [9.17, 15) is 0 Å². The minimum Gasteiger partial charge on any atom is -0.318 e. The normalized spacial score (nSPS) is 11.3. The standard InChI is InChI=1S/C10H19BrN4/c1-8-10(11)9(15(4)13-8)7-14(3)6-5-12-2/h12H,5-7H2,1-4H3. The molecular formula is C10H19BrN4.